The van der Waals surface area contributed by atoms with Crippen LogP contribution in [0.1, 0.15) is 23.7 Å². The van der Waals surface area contributed by atoms with Crippen LogP contribution in [0.4, 0.5) is 4.39 Å². The van der Waals surface area contributed by atoms with Gasteiger partial charge in [0.2, 0.25) is 0 Å². The fourth-order valence-corrected chi connectivity index (χ4v) is 2.62. The van der Waals surface area contributed by atoms with E-state index in [1.54, 1.807) is 0 Å². The monoisotopic (exact) mass is 297 g/mol. The Morgan fingerprint density at radius 1 is 1.55 bits per heavy atom. The third-order valence-electron chi connectivity index (χ3n) is 2.54. The van der Waals surface area contributed by atoms with E-state index in [0.29, 0.717) is 16.6 Å². The van der Waals surface area contributed by atoms with Crippen LogP contribution in [-0.2, 0) is 6.54 Å². The summed E-state index contributed by atoms with van der Waals surface area (Å²) in [6.07, 6.45) is 0.738. The fraction of sp³-hybridized carbons (Fsp3) is 0.250. The first-order chi connectivity index (χ1) is 9.52. The number of H-pyrrole nitrogens is 1. The summed E-state index contributed by atoms with van der Waals surface area (Å²) in [5.74, 6) is -1.85. The molecule has 1 aromatic carbocycles. The van der Waals surface area contributed by atoms with E-state index in [-0.39, 0.29) is 11.3 Å². The van der Waals surface area contributed by atoms with Crippen LogP contribution in [0, 0.1) is 5.82 Å². The molecule has 1 aromatic heterocycles. The highest BCUT2D eigenvalue weighted by Crippen LogP contribution is 2.29. The third-order valence-corrected chi connectivity index (χ3v) is 3.61. The van der Waals surface area contributed by atoms with Gasteiger partial charge in [-0.15, -0.1) is 5.10 Å². The summed E-state index contributed by atoms with van der Waals surface area (Å²) in [6.45, 7) is 2.38. The molecule has 2 N–H and O–H groups in total. The number of carboxylic acids is 1. The molecule has 2 rings (SSSR count). The first-order valence-corrected chi connectivity index (χ1v) is 6.70. The van der Waals surface area contributed by atoms with Crippen LogP contribution >= 0.6 is 11.8 Å². The minimum atomic E-state index is -1.23. The van der Waals surface area contributed by atoms with Crippen molar-refractivity contribution in [3.8, 4) is 0 Å². The molecule has 0 bridgehead atoms. The van der Waals surface area contributed by atoms with Crippen LogP contribution in [-0.4, -0.2) is 25.8 Å². The van der Waals surface area contributed by atoms with Crippen molar-refractivity contribution in [2.45, 2.75) is 29.9 Å². The molecule has 1 heterocycles. The van der Waals surface area contributed by atoms with Crippen molar-refractivity contribution in [3.63, 3.8) is 0 Å². The molecular formula is C12H12FN3O3S. The van der Waals surface area contributed by atoms with Crippen molar-refractivity contribution in [1.82, 2.24) is 14.8 Å². The molecule has 6 nitrogen and oxygen atoms in total. The molecule has 0 atom stereocenters. The number of halogens is 1. The van der Waals surface area contributed by atoms with Gasteiger partial charge in [0.15, 0.2) is 5.16 Å². The van der Waals surface area contributed by atoms with Gasteiger partial charge < -0.3 is 5.11 Å². The number of aromatic nitrogens is 3. The van der Waals surface area contributed by atoms with Crippen LogP contribution in [0.2, 0.25) is 0 Å². The second kappa shape index (κ2) is 5.91. The molecule has 0 aliphatic heterocycles. The van der Waals surface area contributed by atoms with E-state index in [9.17, 15) is 14.0 Å². The van der Waals surface area contributed by atoms with Gasteiger partial charge in [-0.05, 0) is 36.4 Å². The van der Waals surface area contributed by atoms with Crippen LogP contribution in [0.15, 0.2) is 33.0 Å². The van der Waals surface area contributed by atoms with Crippen molar-refractivity contribution in [3.05, 3.63) is 40.1 Å². The van der Waals surface area contributed by atoms with Crippen LogP contribution in [0.25, 0.3) is 0 Å². The summed E-state index contributed by atoms with van der Waals surface area (Å²) >= 11 is 1.01. The van der Waals surface area contributed by atoms with Gasteiger partial charge in [-0.2, -0.15) is 0 Å². The Labute approximate surface area is 117 Å². The molecule has 0 aliphatic carbocycles. The van der Waals surface area contributed by atoms with Gasteiger partial charge >= 0.3 is 11.7 Å². The molecule has 0 amide bonds. The van der Waals surface area contributed by atoms with Crippen molar-refractivity contribution in [2.24, 2.45) is 0 Å². The summed E-state index contributed by atoms with van der Waals surface area (Å²) < 4.78 is 14.5. The number of benzene rings is 1. The Bertz CT molecular complexity index is 695. The lowest BCUT2D eigenvalue weighted by atomic mass is 10.2. The van der Waals surface area contributed by atoms with Crippen LogP contribution < -0.4 is 5.69 Å². The van der Waals surface area contributed by atoms with Crippen molar-refractivity contribution < 1.29 is 14.3 Å². The summed E-state index contributed by atoms with van der Waals surface area (Å²) in [5, 5.41) is 15.6. The SMILES string of the molecule is CCCn1c(Sc2ccc(F)cc2C(=O)O)n[nH]c1=O. The van der Waals surface area contributed by atoms with Gasteiger partial charge in [-0.3, -0.25) is 4.57 Å². The fourth-order valence-electron chi connectivity index (χ4n) is 1.66. The molecular weight excluding hydrogens is 285 g/mol. The van der Waals surface area contributed by atoms with E-state index < -0.39 is 11.8 Å². The molecule has 0 saturated heterocycles. The summed E-state index contributed by atoms with van der Waals surface area (Å²) in [7, 11) is 0. The number of hydrogen-bond donors (Lipinski definition) is 2. The summed E-state index contributed by atoms with van der Waals surface area (Å²) in [6, 6.07) is 3.47. The highest BCUT2D eigenvalue weighted by molar-refractivity contribution is 7.99. The van der Waals surface area contributed by atoms with Gasteiger partial charge in [0.05, 0.1) is 5.56 Å². The Balaban J connectivity index is 2.40. The second-order valence-corrected chi connectivity index (χ2v) is 5.02. The second-order valence-electron chi connectivity index (χ2n) is 4.01. The Morgan fingerprint density at radius 3 is 2.95 bits per heavy atom. The lowest BCUT2D eigenvalue weighted by Gasteiger charge is -2.06. The van der Waals surface area contributed by atoms with E-state index in [0.717, 1.165) is 24.2 Å². The number of nitrogens with zero attached hydrogens (tertiary/aromatic N) is 2. The molecule has 0 fully saturated rings. The van der Waals surface area contributed by atoms with Gasteiger partial charge in [-0.1, -0.05) is 6.92 Å². The number of hydrogen-bond acceptors (Lipinski definition) is 4. The number of aromatic carboxylic acids is 1. The maximum atomic E-state index is 13.1. The number of carbonyl (C=O) groups is 1. The Hall–Kier alpha value is -2.09. The number of nitrogens with one attached hydrogen (secondary N) is 1. The van der Waals surface area contributed by atoms with E-state index in [1.807, 2.05) is 6.92 Å². The summed E-state index contributed by atoms with van der Waals surface area (Å²) in [4.78, 5) is 23.0. The average molecular weight is 297 g/mol. The highest BCUT2D eigenvalue weighted by Gasteiger charge is 2.16. The normalized spacial score (nSPS) is 10.7. The van der Waals surface area contributed by atoms with Gasteiger partial charge in [0.25, 0.3) is 0 Å². The van der Waals surface area contributed by atoms with Crippen LogP contribution in [0.5, 0.6) is 0 Å². The van der Waals surface area contributed by atoms with Gasteiger partial charge in [0.1, 0.15) is 5.82 Å². The van der Waals surface area contributed by atoms with E-state index >= 15 is 0 Å². The van der Waals surface area contributed by atoms with Crippen LogP contribution in [0.3, 0.4) is 0 Å². The predicted octanol–water partition coefficient (Wildman–Crippen LogP) is 1.97. The minimum Gasteiger partial charge on any atom is -0.478 e. The first kappa shape index (κ1) is 14.3. The smallest absolute Gasteiger partial charge is 0.343 e. The average Bonchev–Trinajstić information content (AvgIpc) is 2.74. The minimum absolute atomic E-state index is 0.159. The highest BCUT2D eigenvalue weighted by atomic mass is 32.2. The molecule has 0 aliphatic rings. The molecule has 8 heteroatoms. The van der Waals surface area contributed by atoms with E-state index in [2.05, 4.69) is 10.2 Å². The lowest BCUT2D eigenvalue weighted by Crippen LogP contribution is -2.17. The molecule has 2 aromatic rings. The molecule has 20 heavy (non-hydrogen) atoms. The molecule has 0 unspecified atom stereocenters. The number of rotatable bonds is 5. The van der Waals surface area contributed by atoms with Crippen molar-refractivity contribution in [1.29, 1.82) is 0 Å². The maximum Gasteiger partial charge on any atom is 0.343 e. The Morgan fingerprint density at radius 2 is 2.30 bits per heavy atom. The van der Waals surface area contributed by atoms with Crippen molar-refractivity contribution >= 4 is 17.7 Å². The lowest BCUT2D eigenvalue weighted by molar-refractivity contribution is 0.0692. The predicted molar refractivity (Wildman–Crippen MR) is 70.6 cm³/mol. The van der Waals surface area contributed by atoms with E-state index in [1.165, 1.54) is 16.7 Å². The molecule has 106 valence electrons. The zero-order valence-corrected chi connectivity index (χ0v) is 11.4. The largest absolute Gasteiger partial charge is 0.478 e. The van der Waals surface area contributed by atoms with Gasteiger partial charge in [0, 0.05) is 11.4 Å². The zero-order valence-electron chi connectivity index (χ0n) is 10.6. The van der Waals surface area contributed by atoms with E-state index in [4.69, 9.17) is 5.11 Å². The Kier molecular flexibility index (Phi) is 4.23. The molecule has 0 spiro atoms. The maximum absolute atomic E-state index is 13.1. The number of aromatic amines is 1. The molecule has 0 radical (unpaired) electrons. The van der Waals surface area contributed by atoms with Crippen molar-refractivity contribution in [2.75, 3.05) is 0 Å². The third kappa shape index (κ3) is 2.90. The standard InChI is InChI=1S/C12H12FN3O3S/c1-2-5-16-11(19)14-15-12(16)20-9-4-3-7(13)6-8(9)10(17)18/h3-4,6H,2,5H2,1H3,(H,14,19)(H,17,18). The zero-order chi connectivity index (χ0) is 14.7. The quantitative estimate of drug-likeness (QED) is 0.881. The topological polar surface area (TPSA) is 88.0 Å². The molecule has 0 saturated carbocycles. The number of carboxylic acid groups (broad SMARTS) is 1. The summed E-state index contributed by atoms with van der Waals surface area (Å²) in [5.41, 5.74) is -0.512. The van der Waals surface area contributed by atoms with Gasteiger partial charge in [-0.25, -0.2) is 19.1 Å². The first-order valence-electron chi connectivity index (χ1n) is 5.88.